The molecule has 0 aliphatic carbocycles. The Labute approximate surface area is 186 Å². The summed E-state index contributed by atoms with van der Waals surface area (Å²) in [6, 6.07) is 12.9. The molecule has 0 radical (unpaired) electrons. The average Bonchev–Trinajstić information content (AvgIpc) is 3.54. The molecule has 1 amide bonds. The molecular weight excluding hydrogens is 434 g/mol. The zero-order valence-corrected chi connectivity index (χ0v) is 17.7. The highest BCUT2D eigenvalue weighted by Gasteiger charge is 2.18. The normalized spacial score (nSPS) is 11.1. The van der Waals surface area contributed by atoms with E-state index in [4.69, 9.17) is 21.0 Å². The Morgan fingerprint density at radius 3 is 2.87 bits per heavy atom. The van der Waals surface area contributed by atoms with Crippen LogP contribution in [-0.2, 0) is 13.1 Å². The van der Waals surface area contributed by atoms with Crippen LogP contribution in [0, 0.1) is 0 Å². The molecule has 5 heterocycles. The Bertz CT molecular complexity index is 1350. The van der Waals surface area contributed by atoms with Crippen molar-refractivity contribution in [2.75, 3.05) is 0 Å². The third kappa shape index (κ3) is 4.08. The number of furan rings is 1. The molecule has 0 atom stereocenters. The van der Waals surface area contributed by atoms with Crippen molar-refractivity contribution in [1.29, 1.82) is 0 Å². The highest BCUT2D eigenvalue weighted by Crippen LogP contribution is 2.26. The minimum absolute atomic E-state index is 0.209. The van der Waals surface area contributed by atoms with Crippen LogP contribution in [0.4, 0.5) is 0 Å². The molecule has 31 heavy (non-hydrogen) atoms. The van der Waals surface area contributed by atoms with Crippen LogP contribution in [0.15, 0.2) is 71.7 Å². The van der Waals surface area contributed by atoms with Crippen molar-refractivity contribution in [1.82, 2.24) is 25.1 Å². The van der Waals surface area contributed by atoms with Gasteiger partial charge >= 0.3 is 0 Å². The fourth-order valence-electron chi connectivity index (χ4n) is 3.27. The second kappa shape index (κ2) is 8.33. The number of hydrogen-bond donors (Lipinski definition) is 1. The smallest absolute Gasteiger partial charge is 0.252 e. The first-order chi connectivity index (χ1) is 15.2. The molecule has 5 aromatic rings. The van der Waals surface area contributed by atoms with Crippen LogP contribution >= 0.6 is 22.9 Å². The Kier molecular flexibility index (Phi) is 5.23. The summed E-state index contributed by atoms with van der Waals surface area (Å²) in [5.41, 5.74) is 2.56. The van der Waals surface area contributed by atoms with Crippen LogP contribution in [0.3, 0.4) is 0 Å². The van der Waals surface area contributed by atoms with Crippen molar-refractivity contribution in [2.24, 2.45) is 0 Å². The van der Waals surface area contributed by atoms with E-state index < -0.39 is 0 Å². The number of rotatable bonds is 6. The zero-order valence-electron chi connectivity index (χ0n) is 16.2. The summed E-state index contributed by atoms with van der Waals surface area (Å²) in [5.74, 6) is 0.541. The topological polar surface area (TPSA) is 85.8 Å². The number of amides is 1. The van der Waals surface area contributed by atoms with Gasteiger partial charge in [0, 0.05) is 22.8 Å². The lowest BCUT2D eigenvalue weighted by atomic mass is 10.1. The molecule has 9 heteroatoms. The molecule has 1 N–H and O–H groups in total. The number of aromatic nitrogens is 4. The molecule has 5 rings (SSSR count). The SMILES string of the molecule is O=C(NCc1ccc(Cl)s1)c1cc(-c2cccnc2)nc2c1cnn2Cc1ccco1. The number of carbonyl (C=O) groups excluding carboxylic acids is 1. The average molecular weight is 450 g/mol. The van der Waals surface area contributed by atoms with Crippen LogP contribution in [0.2, 0.25) is 4.34 Å². The number of nitrogens with zero attached hydrogens (tertiary/aromatic N) is 4. The molecule has 0 aliphatic heterocycles. The summed E-state index contributed by atoms with van der Waals surface area (Å²) in [6.07, 6.45) is 6.69. The van der Waals surface area contributed by atoms with Gasteiger partial charge in [-0.3, -0.25) is 9.78 Å². The van der Waals surface area contributed by atoms with Crippen LogP contribution in [-0.4, -0.2) is 25.7 Å². The van der Waals surface area contributed by atoms with Crippen molar-refractivity contribution < 1.29 is 9.21 Å². The maximum Gasteiger partial charge on any atom is 0.252 e. The predicted molar refractivity (Wildman–Crippen MR) is 119 cm³/mol. The van der Waals surface area contributed by atoms with E-state index in [0.717, 1.165) is 16.2 Å². The van der Waals surface area contributed by atoms with Crippen molar-refractivity contribution in [3.05, 3.63) is 87.9 Å². The Morgan fingerprint density at radius 2 is 2.13 bits per heavy atom. The lowest BCUT2D eigenvalue weighted by Gasteiger charge is -2.09. The number of hydrogen-bond acceptors (Lipinski definition) is 6. The Balaban J connectivity index is 1.55. The highest BCUT2D eigenvalue weighted by atomic mass is 35.5. The molecule has 0 bridgehead atoms. The maximum atomic E-state index is 13.1. The second-order valence-electron chi connectivity index (χ2n) is 6.80. The molecule has 0 aliphatic rings. The van der Waals surface area contributed by atoms with E-state index >= 15 is 0 Å². The molecule has 154 valence electrons. The summed E-state index contributed by atoms with van der Waals surface area (Å²) in [5, 5.41) is 8.09. The maximum absolute atomic E-state index is 13.1. The molecule has 0 aromatic carbocycles. The Hall–Kier alpha value is -3.49. The number of fused-ring (bicyclic) bond motifs is 1. The van der Waals surface area contributed by atoms with Gasteiger partial charge in [0.1, 0.15) is 12.3 Å². The number of pyridine rings is 2. The number of nitrogens with one attached hydrogen (secondary N) is 1. The third-order valence-electron chi connectivity index (χ3n) is 4.75. The molecule has 0 fully saturated rings. The van der Waals surface area contributed by atoms with Gasteiger partial charge < -0.3 is 9.73 Å². The third-order valence-corrected chi connectivity index (χ3v) is 5.98. The van der Waals surface area contributed by atoms with Crippen molar-refractivity contribution in [3.8, 4) is 11.3 Å². The lowest BCUT2D eigenvalue weighted by molar-refractivity contribution is 0.0953. The standard InChI is InChI=1S/C22H16ClN5O2S/c23-20-6-5-16(31-20)11-25-22(29)17-9-19(14-3-1-7-24-10-14)27-21-18(17)12-26-28(21)13-15-4-2-8-30-15/h1-10,12H,11,13H2,(H,25,29). The summed E-state index contributed by atoms with van der Waals surface area (Å²) < 4.78 is 7.86. The first-order valence-electron chi connectivity index (χ1n) is 9.49. The van der Waals surface area contributed by atoms with E-state index in [1.165, 1.54) is 11.3 Å². The minimum atomic E-state index is -0.209. The lowest BCUT2D eigenvalue weighted by Crippen LogP contribution is -2.22. The summed E-state index contributed by atoms with van der Waals surface area (Å²) >= 11 is 7.43. The largest absolute Gasteiger partial charge is 0.467 e. The zero-order chi connectivity index (χ0) is 21.2. The quantitative estimate of drug-likeness (QED) is 0.403. The van der Waals surface area contributed by atoms with E-state index in [1.54, 1.807) is 35.6 Å². The van der Waals surface area contributed by atoms with E-state index in [0.29, 0.717) is 39.7 Å². The predicted octanol–water partition coefficient (Wildman–Crippen LogP) is 4.78. The minimum Gasteiger partial charge on any atom is -0.467 e. The van der Waals surface area contributed by atoms with Crippen molar-refractivity contribution in [3.63, 3.8) is 0 Å². The summed E-state index contributed by atoms with van der Waals surface area (Å²) in [4.78, 5) is 23.0. The van der Waals surface area contributed by atoms with E-state index in [-0.39, 0.29) is 5.91 Å². The molecule has 0 unspecified atom stereocenters. The molecule has 0 saturated heterocycles. The van der Waals surface area contributed by atoms with E-state index in [1.807, 2.05) is 36.4 Å². The monoisotopic (exact) mass is 449 g/mol. The molecule has 7 nitrogen and oxygen atoms in total. The highest BCUT2D eigenvalue weighted by molar-refractivity contribution is 7.16. The fraction of sp³-hybridized carbons (Fsp3) is 0.0909. The van der Waals surface area contributed by atoms with Crippen LogP contribution in [0.25, 0.3) is 22.3 Å². The molecule has 0 saturated carbocycles. The number of carbonyl (C=O) groups is 1. The second-order valence-corrected chi connectivity index (χ2v) is 8.60. The van der Waals surface area contributed by atoms with Crippen LogP contribution in [0.5, 0.6) is 0 Å². The summed E-state index contributed by atoms with van der Waals surface area (Å²) in [7, 11) is 0. The number of thiophene rings is 1. The van der Waals surface area contributed by atoms with E-state index in [9.17, 15) is 4.79 Å². The van der Waals surface area contributed by atoms with Gasteiger partial charge in [0.05, 0.1) is 40.0 Å². The molecular formula is C22H16ClN5O2S. The van der Waals surface area contributed by atoms with Crippen molar-refractivity contribution in [2.45, 2.75) is 13.1 Å². The molecule has 5 aromatic heterocycles. The molecule has 0 spiro atoms. The van der Waals surface area contributed by atoms with Gasteiger partial charge in [-0.05, 0) is 42.5 Å². The van der Waals surface area contributed by atoms with Gasteiger partial charge in [0.2, 0.25) is 0 Å². The van der Waals surface area contributed by atoms with Gasteiger partial charge in [-0.1, -0.05) is 11.6 Å². The first kappa shape index (κ1) is 19.5. The summed E-state index contributed by atoms with van der Waals surface area (Å²) in [6.45, 7) is 0.803. The van der Waals surface area contributed by atoms with Gasteiger partial charge in [-0.15, -0.1) is 11.3 Å². The van der Waals surface area contributed by atoms with Gasteiger partial charge in [-0.25, -0.2) is 9.67 Å². The van der Waals surface area contributed by atoms with Gasteiger partial charge in [0.25, 0.3) is 5.91 Å². The van der Waals surface area contributed by atoms with E-state index in [2.05, 4.69) is 15.4 Å². The van der Waals surface area contributed by atoms with Crippen LogP contribution in [0.1, 0.15) is 21.0 Å². The van der Waals surface area contributed by atoms with Crippen LogP contribution < -0.4 is 5.32 Å². The number of halogens is 1. The van der Waals surface area contributed by atoms with Crippen molar-refractivity contribution >= 4 is 39.9 Å². The fourth-order valence-corrected chi connectivity index (χ4v) is 4.30. The first-order valence-corrected chi connectivity index (χ1v) is 10.7. The Morgan fingerprint density at radius 1 is 1.19 bits per heavy atom. The van der Waals surface area contributed by atoms with Gasteiger partial charge in [0.15, 0.2) is 5.65 Å². The van der Waals surface area contributed by atoms with Gasteiger partial charge in [-0.2, -0.15) is 5.10 Å².